The van der Waals surface area contributed by atoms with Gasteiger partial charge >= 0.3 is 5.97 Å². The van der Waals surface area contributed by atoms with E-state index in [0.29, 0.717) is 25.0 Å². The van der Waals surface area contributed by atoms with Gasteiger partial charge in [-0.1, -0.05) is 0 Å². The lowest BCUT2D eigenvalue weighted by atomic mass is 9.81. The smallest absolute Gasteiger partial charge is 0.306 e. The monoisotopic (exact) mass is 248 g/mol. The molecule has 1 N–H and O–H groups in total. The van der Waals surface area contributed by atoms with Crippen LogP contribution in [0.1, 0.15) is 35.7 Å². The Morgan fingerprint density at radius 1 is 1.50 bits per heavy atom. The van der Waals surface area contributed by atoms with E-state index in [0.717, 1.165) is 5.56 Å². The first-order valence-electron chi connectivity index (χ1n) is 6.13. The second-order valence-electron chi connectivity index (χ2n) is 4.45. The number of esters is 1. The third-order valence-electron chi connectivity index (χ3n) is 3.21. The molecule has 0 fully saturated rings. The Bertz CT molecular complexity index is 479. The number of phenolic OH excluding ortho intramolecular Hbond substituents is 1. The first-order chi connectivity index (χ1) is 8.61. The number of carbonyl (C=O) groups is 2. The van der Waals surface area contributed by atoms with Gasteiger partial charge in [0.2, 0.25) is 0 Å². The van der Waals surface area contributed by atoms with Crippen LogP contribution < -0.4 is 0 Å². The molecular weight excluding hydrogens is 232 g/mol. The third-order valence-corrected chi connectivity index (χ3v) is 3.21. The van der Waals surface area contributed by atoms with Crippen LogP contribution in [0.15, 0.2) is 18.2 Å². The van der Waals surface area contributed by atoms with Gasteiger partial charge in [-0.2, -0.15) is 0 Å². The second kappa shape index (κ2) is 5.21. The second-order valence-corrected chi connectivity index (χ2v) is 4.45. The SMILES string of the molecule is CCOC(=O)C[C@H]1CCc2cc(O)ccc2C1=O. The van der Waals surface area contributed by atoms with Gasteiger partial charge in [0.05, 0.1) is 13.0 Å². The average molecular weight is 248 g/mol. The lowest BCUT2D eigenvalue weighted by Gasteiger charge is -2.22. The molecule has 0 unspecified atom stereocenters. The van der Waals surface area contributed by atoms with E-state index in [1.807, 2.05) is 0 Å². The highest BCUT2D eigenvalue weighted by Gasteiger charge is 2.29. The van der Waals surface area contributed by atoms with Gasteiger partial charge in [-0.25, -0.2) is 0 Å². The summed E-state index contributed by atoms with van der Waals surface area (Å²) in [6, 6.07) is 4.75. The van der Waals surface area contributed by atoms with Crippen molar-refractivity contribution in [2.75, 3.05) is 6.61 Å². The molecule has 18 heavy (non-hydrogen) atoms. The number of phenols is 1. The Morgan fingerprint density at radius 2 is 2.28 bits per heavy atom. The van der Waals surface area contributed by atoms with Crippen LogP contribution in [-0.4, -0.2) is 23.5 Å². The Balaban J connectivity index is 2.13. The summed E-state index contributed by atoms with van der Waals surface area (Å²) in [5.41, 5.74) is 1.48. The van der Waals surface area contributed by atoms with Crippen LogP contribution in [0.2, 0.25) is 0 Å². The van der Waals surface area contributed by atoms with Crippen molar-refractivity contribution < 1.29 is 19.4 Å². The maximum atomic E-state index is 12.2. The van der Waals surface area contributed by atoms with Crippen LogP contribution in [0, 0.1) is 5.92 Å². The van der Waals surface area contributed by atoms with Crippen molar-refractivity contribution in [1.82, 2.24) is 0 Å². The van der Waals surface area contributed by atoms with Crippen molar-refractivity contribution in [1.29, 1.82) is 0 Å². The third kappa shape index (κ3) is 2.53. The number of hydrogen-bond donors (Lipinski definition) is 1. The Hall–Kier alpha value is -1.84. The quantitative estimate of drug-likeness (QED) is 0.832. The predicted molar refractivity (Wildman–Crippen MR) is 65.5 cm³/mol. The summed E-state index contributed by atoms with van der Waals surface area (Å²) in [4.78, 5) is 23.6. The molecule has 1 aliphatic carbocycles. The Kier molecular flexibility index (Phi) is 3.65. The molecule has 4 nitrogen and oxygen atoms in total. The Morgan fingerprint density at radius 3 is 3.00 bits per heavy atom. The standard InChI is InChI=1S/C14H16O4/c1-2-18-13(16)8-10-4-3-9-7-11(15)5-6-12(9)14(10)17/h5-7,10,15H,2-4,8H2,1H3/t10-/m1/s1. The van der Waals surface area contributed by atoms with Crippen molar-refractivity contribution in [2.24, 2.45) is 5.92 Å². The minimum atomic E-state index is -0.321. The van der Waals surface area contributed by atoms with Crippen LogP contribution in [0.4, 0.5) is 0 Å². The summed E-state index contributed by atoms with van der Waals surface area (Å²) in [6.45, 7) is 2.09. The Labute approximate surface area is 106 Å². The van der Waals surface area contributed by atoms with Crippen LogP contribution in [0.5, 0.6) is 5.75 Å². The minimum absolute atomic E-state index is 0.0238. The van der Waals surface area contributed by atoms with Crippen LogP contribution >= 0.6 is 0 Å². The molecule has 0 amide bonds. The molecule has 1 aromatic carbocycles. The molecule has 1 atom stereocenters. The molecule has 96 valence electrons. The minimum Gasteiger partial charge on any atom is -0.508 e. The zero-order chi connectivity index (χ0) is 13.1. The number of aromatic hydroxyl groups is 1. The fraction of sp³-hybridized carbons (Fsp3) is 0.429. The van der Waals surface area contributed by atoms with E-state index >= 15 is 0 Å². The van der Waals surface area contributed by atoms with Crippen molar-refractivity contribution >= 4 is 11.8 Å². The zero-order valence-corrected chi connectivity index (χ0v) is 10.3. The summed E-state index contributed by atoms with van der Waals surface area (Å²) in [7, 11) is 0. The molecule has 0 heterocycles. The van der Waals surface area contributed by atoms with Gasteiger partial charge in [-0.05, 0) is 43.5 Å². The number of benzene rings is 1. The highest BCUT2D eigenvalue weighted by Crippen LogP contribution is 2.30. The molecule has 0 bridgehead atoms. The van der Waals surface area contributed by atoms with Gasteiger partial charge in [0, 0.05) is 11.5 Å². The first kappa shape index (κ1) is 12.6. The van der Waals surface area contributed by atoms with Crippen LogP contribution in [0.3, 0.4) is 0 Å². The normalized spacial score (nSPS) is 18.3. The zero-order valence-electron chi connectivity index (χ0n) is 10.3. The summed E-state index contributed by atoms with van der Waals surface area (Å²) in [5, 5.41) is 9.37. The molecular formula is C14H16O4. The summed E-state index contributed by atoms with van der Waals surface area (Å²) in [5.74, 6) is -0.464. The summed E-state index contributed by atoms with van der Waals surface area (Å²) < 4.78 is 4.87. The maximum absolute atomic E-state index is 12.2. The van der Waals surface area contributed by atoms with Gasteiger partial charge in [-0.15, -0.1) is 0 Å². The fourth-order valence-corrected chi connectivity index (χ4v) is 2.32. The van der Waals surface area contributed by atoms with Crippen molar-refractivity contribution in [3.8, 4) is 5.75 Å². The number of rotatable bonds is 3. The van der Waals surface area contributed by atoms with E-state index in [1.165, 1.54) is 6.07 Å². The number of fused-ring (bicyclic) bond motifs is 1. The fourth-order valence-electron chi connectivity index (χ4n) is 2.32. The van der Waals surface area contributed by atoms with Crippen molar-refractivity contribution in [3.05, 3.63) is 29.3 Å². The van der Waals surface area contributed by atoms with E-state index in [1.54, 1.807) is 19.1 Å². The molecule has 0 aliphatic heterocycles. The van der Waals surface area contributed by atoms with Crippen molar-refractivity contribution in [3.63, 3.8) is 0 Å². The topological polar surface area (TPSA) is 63.6 Å². The van der Waals surface area contributed by atoms with Crippen LogP contribution in [-0.2, 0) is 16.0 Å². The summed E-state index contributed by atoms with van der Waals surface area (Å²) in [6.07, 6.45) is 1.49. The number of aryl methyl sites for hydroxylation is 1. The van der Waals surface area contributed by atoms with Crippen LogP contribution in [0.25, 0.3) is 0 Å². The molecule has 1 aromatic rings. The summed E-state index contributed by atoms with van der Waals surface area (Å²) >= 11 is 0. The molecule has 0 saturated heterocycles. The maximum Gasteiger partial charge on any atom is 0.306 e. The van der Waals surface area contributed by atoms with Gasteiger partial charge in [-0.3, -0.25) is 9.59 Å². The predicted octanol–water partition coefficient (Wildman–Crippen LogP) is 2.09. The van der Waals surface area contributed by atoms with E-state index in [-0.39, 0.29) is 29.8 Å². The lowest BCUT2D eigenvalue weighted by molar-refractivity contribution is -0.144. The molecule has 4 heteroatoms. The van der Waals surface area contributed by atoms with Gasteiger partial charge in [0.1, 0.15) is 5.75 Å². The molecule has 0 saturated carbocycles. The lowest BCUT2D eigenvalue weighted by Crippen LogP contribution is -2.25. The molecule has 0 aromatic heterocycles. The van der Waals surface area contributed by atoms with Gasteiger partial charge in [0.25, 0.3) is 0 Å². The van der Waals surface area contributed by atoms with Crippen molar-refractivity contribution in [2.45, 2.75) is 26.2 Å². The molecule has 1 aliphatic rings. The number of hydrogen-bond acceptors (Lipinski definition) is 4. The first-order valence-corrected chi connectivity index (χ1v) is 6.13. The van der Waals surface area contributed by atoms with E-state index < -0.39 is 0 Å². The largest absolute Gasteiger partial charge is 0.508 e. The average Bonchev–Trinajstić information content (AvgIpc) is 2.33. The highest BCUT2D eigenvalue weighted by atomic mass is 16.5. The highest BCUT2D eigenvalue weighted by molar-refractivity contribution is 6.01. The molecule has 0 spiro atoms. The molecule has 2 rings (SSSR count). The molecule has 0 radical (unpaired) electrons. The number of Topliss-reactive ketones (excluding diaryl/α,β-unsaturated/α-hetero) is 1. The van der Waals surface area contributed by atoms with Gasteiger partial charge < -0.3 is 9.84 Å². The number of ether oxygens (including phenoxy) is 1. The number of carbonyl (C=O) groups excluding carboxylic acids is 2. The van der Waals surface area contributed by atoms with Gasteiger partial charge in [0.15, 0.2) is 5.78 Å². The number of ketones is 1. The van der Waals surface area contributed by atoms with E-state index in [4.69, 9.17) is 4.74 Å². The van der Waals surface area contributed by atoms with E-state index in [2.05, 4.69) is 0 Å². The van der Waals surface area contributed by atoms with E-state index in [9.17, 15) is 14.7 Å².